The number of halogens is 1. The highest BCUT2D eigenvalue weighted by Crippen LogP contribution is 2.31. The van der Waals surface area contributed by atoms with E-state index in [1.807, 2.05) is 23.2 Å². The van der Waals surface area contributed by atoms with Gasteiger partial charge < -0.3 is 14.2 Å². The van der Waals surface area contributed by atoms with Crippen LogP contribution in [0.5, 0.6) is 5.75 Å². The zero-order valence-corrected chi connectivity index (χ0v) is 17.4. The van der Waals surface area contributed by atoms with Crippen LogP contribution < -0.4 is 4.74 Å². The van der Waals surface area contributed by atoms with Gasteiger partial charge in [-0.05, 0) is 48.9 Å². The van der Waals surface area contributed by atoms with Crippen molar-refractivity contribution in [3.63, 3.8) is 0 Å². The maximum atomic E-state index is 12.7. The van der Waals surface area contributed by atoms with Crippen molar-refractivity contribution in [3.05, 3.63) is 52.6 Å². The molecule has 7 heteroatoms. The second-order valence-electron chi connectivity index (χ2n) is 7.52. The maximum Gasteiger partial charge on any atom is 0.223 e. The minimum absolute atomic E-state index is 0.126. The number of hydrogen-bond donors (Lipinski definition) is 0. The van der Waals surface area contributed by atoms with Gasteiger partial charge in [-0.2, -0.15) is 0 Å². The van der Waals surface area contributed by atoms with E-state index in [-0.39, 0.29) is 11.8 Å². The Morgan fingerprint density at radius 3 is 3.00 bits per heavy atom. The molecule has 1 aliphatic rings. The molecule has 3 heterocycles. The summed E-state index contributed by atoms with van der Waals surface area (Å²) in [7, 11) is 1.69. The number of pyridine rings is 1. The van der Waals surface area contributed by atoms with E-state index in [1.165, 1.54) is 0 Å². The van der Waals surface area contributed by atoms with Crippen LogP contribution in [0.4, 0.5) is 0 Å². The van der Waals surface area contributed by atoms with E-state index in [1.54, 1.807) is 13.2 Å². The first-order chi connectivity index (χ1) is 14.0. The molecule has 1 amide bonds. The Hall–Kier alpha value is -2.60. The Bertz CT molecular complexity index is 1030. The van der Waals surface area contributed by atoms with Crippen molar-refractivity contribution in [1.82, 2.24) is 15.0 Å². The van der Waals surface area contributed by atoms with Crippen molar-refractivity contribution in [2.45, 2.75) is 38.5 Å². The van der Waals surface area contributed by atoms with Crippen LogP contribution in [0.3, 0.4) is 0 Å². The van der Waals surface area contributed by atoms with E-state index in [0.717, 1.165) is 47.2 Å². The molecule has 0 bridgehead atoms. The van der Waals surface area contributed by atoms with Crippen LogP contribution in [0.1, 0.15) is 42.2 Å². The SMILES string of the molecule is COc1ccc2cnc(C3CCCN(C(=O)CCc4cc(Cl)no4)C3)cc2c1C. The largest absolute Gasteiger partial charge is 0.496 e. The number of carbonyl (C=O) groups is 1. The van der Waals surface area contributed by atoms with Gasteiger partial charge in [0.25, 0.3) is 0 Å². The van der Waals surface area contributed by atoms with Crippen LogP contribution in [-0.4, -0.2) is 41.1 Å². The molecule has 1 fully saturated rings. The fraction of sp³-hybridized carbons (Fsp3) is 0.409. The summed E-state index contributed by atoms with van der Waals surface area (Å²) in [6.45, 7) is 3.54. The third-order valence-electron chi connectivity index (χ3n) is 5.67. The summed E-state index contributed by atoms with van der Waals surface area (Å²) in [4.78, 5) is 19.3. The van der Waals surface area contributed by atoms with Gasteiger partial charge in [-0.1, -0.05) is 16.8 Å². The molecule has 0 N–H and O–H groups in total. The van der Waals surface area contributed by atoms with Gasteiger partial charge in [0.2, 0.25) is 5.91 Å². The number of carbonyl (C=O) groups excluding carboxylic acids is 1. The first-order valence-corrected chi connectivity index (χ1v) is 10.2. The number of aromatic nitrogens is 2. The number of likely N-dealkylation sites (tertiary alicyclic amines) is 1. The van der Waals surface area contributed by atoms with Crippen molar-refractivity contribution < 1.29 is 14.1 Å². The fourth-order valence-electron chi connectivity index (χ4n) is 4.05. The summed E-state index contributed by atoms with van der Waals surface area (Å²) in [6.07, 6.45) is 4.82. The average molecular weight is 414 g/mol. The number of benzene rings is 1. The summed E-state index contributed by atoms with van der Waals surface area (Å²) < 4.78 is 10.5. The Kier molecular flexibility index (Phi) is 5.72. The number of ether oxygens (including phenoxy) is 1. The molecule has 1 aliphatic heterocycles. The van der Waals surface area contributed by atoms with Gasteiger partial charge in [-0.25, -0.2) is 0 Å². The molecule has 1 aromatic carbocycles. The second kappa shape index (κ2) is 8.41. The van der Waals surface area contributed by atoms with Crippen LogP contribution in [0.2, 0.25) is 5.15 Å². The summed E-state index contributed by atoms with van der Waals surface area (Å²) in [6, 6.07) is 7.82. The molecule has 152 valence electrons. The van der Waals surface area contributed by atoms with Gasteiger partial charge >= 0.3 is 0 Å². The van der Waals surface area contributed by atoms with E-state index in [4.69, 9.17) is 25.8 Å². The summed E-state index contributed by atoms with van der Waals surface area (Å²) >= 11 is 5.77. The quantitative estimate of drug-likeness (QED) is 0.614. The van der Waals surface area contributed by atoms with Gasteiger partial charge in [-0.3, -0.25) is 9.78 Å². The van der Waals surface area contributed by atoms with Crippen LogP contribution in [0.15, 0.2) is 35.0 Å². The molecule has 1 unspecified atom stereocenters. The number of piperidine rings is 1. The number of fused-ring (bicyclic) bond motifs is 1. The highest BCUT2D eigenvalue weighted by atomic mass is 35.5. The first kappa shape index (κ1) is 19.7. The Morgan fingerprint density at radius 1 is 1.38 bits per heavy atom. The van der Waals surface area contributed by atoms with E-state index in [2.05, 4.69) is 18.1 Å². The summed E-state index contributed by atoms with van der Waals surface area (Å²) in [5.41, 5.74) is 2.15. The van der Waals surface area contributed by atoms with Gasteiger partial charge in [0.05, 0.1) is 7.11 Å². The third kappa shape index (κ3) is 4.22. The van der Waals surface area contributed by atoms with Crippen molar-refractivity contribution >= 4 is 28.3 Å². The molecule has 3 aromatic rings. The molecular weight excluding hydrogens is 390 g/mol. The Balaban J connectivity index is 1.47. The van der Waals surface area contributed by atoms with Gasteiger partial charge in [0.1, 0.15) is 11.5 Å². The second-order valence-corrected chi connectivity index (χ2v) is 7.91. The van der Waals surface area contributed by atoms with Crippen molar-refractivity contribution in [3.8, 4) is 5.75 Å². The predicted octanol–water partition coefficient (Wildman–Crippen LogP) is 4.53. The van der Waals surface area contributed by atoms with E-state index < -0.39 is 0 Å². The molecule has 0 spiro atoms. The molecule has 6 nitrogen and oxygen atoms in total. The molecule has 1 saturated heterocycles. The third-order valence-corrected chi connectivity index (χ3v) is 5.85. The number of methoxy groups -OCH3 is 1. The number of amides is 1. The van der Waals surface area contributed by atoms with Crippen molar-refractivity contribution in [2.75, 3.05) is 20.2 Å². The molecule has 0 radical (unpaired) electrons. The van der Waals surface area contributed by atoms with Crippen molar-refractivity contribution in [1.29, 1.82) is 0 Å². The maximum absolute atomic E-state index is 12.7. The summed E-state index contributed by atoms with van der Waals surface area (Å²) in [5, 5.41) is 6.22. The van der Waals surface area contributed by atoms with Crippen molar-refractivity contribution in [2.24, 2.45) is 0 Å². The van der Waals surface area contributed by atoms with Gasteiger partial charge in [0.15, 0.2) is 5.15 Å². The highest BCUT2D eigenvalue weighted by molar-refractivity contribution is 6.29. The van der Waals surface area contributed by atoms with Crippen LogP contribution in [-0.2, 0) is 11.2 Å². The zero-order chi connectivity index (χ0) is 20.4. The molecule has 1 atom stereocenters. The molecule has 29 heavy (non-hydrogen) atoms. The van der Waals surface area contributed by atoms with E-state index >= 15 is 0 Å². The zero-order valence-electron chi connectivity index (χ0n) is 16.7. The van der Waals surface area contributed by atoms with Gasteiger partial charge in [-0.15, -0.1) is 0 Å². The lowest BCUT2D eigenvalue weighted by molar-refractivity contribution is -0.132. The molecule has 2 aromatic heterocycles. The lowest BCUT2D eigenvalue weighted by Gasteiger charge is -2.32. The minimum atomic E-state index is 0.126. The van der Waals surface area contributed by atoms with Crippen LogP contribution >= 0.6 is 11.6 Å². The Labute approximate surface area is 174 Å². The molecule has 0 aliphatic carbocycles. The topological polar surface area (TPSA) is 68.5 Å². The number of aryl methyl sites for hydroxylation is 2. The first-order valence-electron chi connectivity index (χ1n) is 9.87. The molecular formula is C22H24ClN3O3. The standard InChI is InChI=1S/C22H24ClN3O3/c1-14-18-11-19(24-12-15(18)5-7-20(14)28-2)16-4-3-9-26(13-16)22(27)8-6-17-10-21(23)25-29-17/h5,7,10-12,16H,3-4,6,8-9,13H2,1-2H3. The molecule has 0 saturated carbocycles. The monoisotopic (exact) mass is 413 g/mol. The van der Waals surface area contributed by atoms with E-state index in [0.29, 0.717) is 30.3 Å². The molecule has 4 rings (SSSR count). The number of rotatable bonds is 5. The number of hydrogen-bond acceptors (Lipinski definition) is 5. The van der Waals surface area contributed by atoms with E-state index in [9.17, 15) is 4.79 Å². The fourth-order valence-corrected chi connectivity index (χ4v) is 4.20. The smallest absolute Gasteiger partial charge is 0.223 e. The Morgan fingerprint density at radius 2 is 2.24 bits per heavy atom. The lowest BCUT2D eigenvalue weighted by atomic mass is 9.92. The minimum Gasteiger partial charge on any atom is -0.496 e. The van der Waals surface area contributed by atoms with Crippen LogP contribution in [0.25, 0.3) is 10.8 Å². The van der Waals surface area contributed by atoms with Gasteiger partial charge in [0, 0.05) is 55.2 Å². The summed E-state index contributed by atoms with van der Waals surface area (Å²) in [5.74, 6) is 1.88. The predicted molar refractivity (Wildman–Crippen MR) is 111 cm³/mol. The normalized spacial score (nSPS) is 16.9. The average Bonchev–Trinajstić information content (AvgIpc) is 3.17. The number of nitrogens with zero attached hydrogens (tertiary/aromatic N) is 3. The highest BCUT2D eigenvalue weighted by Gasteiger charge is 2.26. The van der Waals surface area contributed by atoms with Crippen LogP contribution in [0, 0.1) is 6.92 Å². The lowest BCUT2D eigenvalue weighted by Crippen LogP contribution is -2.39.